The van der Waals surface area contributed by atoms with Crippen molar-refractivity contribution in [2.45, 2.75) is 27.7 Å². The van der Waals surface area contributed by atoms with Crippen LogP contribution in [0.2, 0.25) is 0 Å². The number of aromatic nitrogens is 2. The van der Waals surface area contributed by atoms with Crippen molar-refractivity contribution in [3.8, 4) is 11.1 Å². The molecule has 0 bridgehead atoms. The first-order valence-electron chi connectivity index (χ1n) is 8.67. The largest absolute Gasteiger partial charge is 0.339 e. The quantitative estimate of drug-likeness (QED) is 0.464. The van der Waals surface area contributed by atoms with Crippen molar-refractivity contribution in [3.63, 3.8) is 0 Å². The molecule has 0 saturated heterocycles. The molecule has 2 aromatic heterocycles. The Labute approximate surface area is 157 Å². The molecule has 0 aliphatic carbocycles. The highest BCUT2D eigenvalue weighted by Gasteiger charge is 2.15. The molecule has 130 valence electrons. The number of hydrogen-bond acceptors (Lipinski definition) is 4. The van der Waals surface area contributed by atoms with E-state index in [1.807, 2.05) is 0 Å². The fourth-order valence-electron chi connectivity index (χ4n) is 3.41. The second-order valence-electron chi connectivity index (χ2n) is 6.76. The summed E-state index contributed by atoms with van der Waals surface area (Å²) in [5, 5.41) is 6.84. The molecule has 1 N–H and O–H groups in total. The summed E-state index contributed by atoms with van der Waals surface area (Å²) in [5.74, 6) is 0.864. The van der Waals surface area contributed by atoms with Crippen LogP contribution in [0.3, 0.4) is 0 Å². The number of thiophene rings is 1. The molecule has 4 aromatic rings. The van der Waals surface area contributed by atoms with Crippen LogP contribution in [-0.4, -0.2) is 9.97 Å². The number of benzene rings is 2. The SMILES string of the molecule is Cc1ccc(-c2csc3ncnc(Nc4c(C)cccc4C)c23)c(C)c1. The van der Waals surface area contributed by atoms with E-state index in [-0.39, 0.29) is 0 Å². The Morgan fingerprint density at radius 2 is 1.62 bits per heavy atom. The molecule has 0 aliphatic heterocycles. The first-order chi connectivity index (χ1) is 12.5. The fourth-order valence-corrected chi connectivity index (χ4v) is 4.32. The van der Waals surface area contributed by atoms with Gasteiger partial charge in [0.2, 0.25) is 0 Å². The molecule has 2 aromatic carbocycles. The number of nitrogens with one attached hydrogen (secondary N) is 1. The Morgan fingerprint density at radius 3 is 2.35 bits per heavy atom. The maximum absolute atomic E-state index is 4.57. The number of nitrogens with zero attached hydrogens (tertiary/aromatic N) is 2. The Kier molecular flexibility index (Phi) is 4.21. The predicted octanol–water partition coefficient (Wildman–Crippen LogP) is 6.34. The lowest BCUT2D eigenvalue weighted by Crippen LogP contribution is -1.99. The highest BCUT2D eigenvalue weighted by molar-refractivity contribution is 7.17. The molecule has 0 unspecified atom stereocenters. The van der Waals surface area contributed by atoms with Crippen molar-refractivity contribution in [1.29, 1.82) is 0 Å². The van der Waals surface area contributed by atoms with Gasteiger partial charge in [-0.15, -0.1) is 11.3 Å². The molecule has 0 radical (unpaired) electrons. The molecule has 0 aliphatic rings. The van der Waals surface area contributed by atoms with Gasteiger partial charge in [0, 0.05) is 16.6 Å². The van der Waals surface area contributed by atoms with E-state index < -0.39 is 0 Å². The van der Waals surface area contributed by atoms with E-state index in [2.05, 4.69) is 84.8 Å². The normalized spacial score (nSPS) is 11.1. The maximum Gasteiger partial charge on any atom is 0.143 e. The van der Waals surface area contributed by atoms with Crippen molar-refractivity contribution in [1.82, 2.24) is 9.97 Å². The van der Waals surface area contributed by atoms with Crippen molar-refractivity contribution < 1.29 is 0 Å². The van der Waals surface area contributed by atoms with Crippen molar-refractivity contribution >= 4 is 33.1 Å². The Bertz CT molecular complexity index is 1090. The summed E-state index contributed by atoms with van der Waals surface area (Å²) in [7, 11) is 0. The van der Waals surface area contributed by atoms with Crippen LogP contribution in [0.4, 0.5) is 11.5 Å². The minimum atomic E-state index is 0.864. The Hall–Kier alpha value is -2.72. The number of anilines is 2. The fraction of sp³-hybridized carbons (Fsp3) is 0.182. The number of hydrogen-bond donors (Lipinski definition) is 1. The molecule has 2 heterocycles. The molecular formula is C22H21N3S. The van der Waals surface area contributed by atoms with Gasteiger partial charge in [-0.3, -0.25) is 0 Å². The van der Waals surface area contributed by atoms with Crippen LogP contribution in [0.1, 0.15) is 22.3 Å². The van der Waals surface area contributed by atoms with Crippen molar-refractivity contribution in [2.75, 3.05) is 5.32 Å². The lowest BCUT2D eigenvalue weighted by Gasteiger charge is -2.14. The molecule has 0 spiro atoms. The van der Waals surface area contributed by atoms with Gasteiger partial charge in [-0.2, -0.15) is 0 Å². The zero-order chi connectivity index (χ0) is 18.3. The van der Waals surface area contributed by atoms with Crippen LogP contribution in [0.5, 0.6) is 0 Å². The van der Waals surface area contributed by atoms with Crippen LogP contribution in [0.25, 0.3) is 21.3 Å². The van der Waals surface area contributed by atoms with Crippen LogP contribution in [0, 0.1) is 27.7 Å². The smallest absolute Gasteiger partial charge is 0.143 e. The third-order valence-electron chi connectivity index (χ3n) is 4.77. The zero-order valence-electron chi connectivity index (χ0n) is 15.4. The van der Waals surface area contributed by atoms with Crippen molar-refractivity contribution in [3.05, 3.63) is 70.4 Å². The summed E-state index contributed by atoms with van der Waals surface area (Å²) in [6, 6.07) is 12.9. The van der Waals surface area contributed by atoms with Gasteiger partial charge >= 0.3 is 0 Å². The molecular weight excluding hydrogens is 338 g/mol. The van der Waals surface area contributed by atoms with E-state index in [0.717, 1.165) is 21.7 Å². The molecule has 0 amide bonds. The monoisotopic (exact) mass is 359 g/mol. The first-order valence-corrected chi connectivity index (χ1v) is 9.55. The summed E-state index contributed by atoms with van der Waals surface area (Å²) in [5.41, 5.74) is 8.51. The average Bonchev–Trinajstić information content (AvgIpc) is 3.03. The van der Waals surface area contributed by atoms with Crippen LogP contribution < -0.4 is 5.32 Å². The third kappa shape index (κ3) is 2.86. The molecule has 0 fully saturated rings. The molecule has 26 heavy (non-hydrogen) atoms. The van der Waals surface area contributed by atoms with Gasteiger partial charge in [-0.05, 0) is 49.9 Å². The predicted molar refractivity (Wildman–Crippen MR) is 112 cm³/mol. The van der Waals surface area contributed by atoms with Crippen molar-refractivity contribution in [2.24, 2.45) is 0 Å². The van der Waals surface area contributed by atoms with E-state index in [4.69, 9.17) is 0 Å². The van der Waals surface area contributed by atoms with Crippen LogP contribution in [0.15, 0.2) is 48.1 Å². The van der Waals surface area contributed by atoms with Gasteiger partial charge in [0.1, 0.15) is 17.0 Å². The molecule has 4 rings (SSSR count). The minimum Gasteiger partial charge on any atom is -0.339 e. The van der Waals surface area contributed by atoms with E-state index >= 15 is 0 Å². The number of fused-ring (bicyclic) bond motifs is 1. The Balaban J connectivity index is 1.90. The second-order valence-corrected chi connectivity index (χ2v) is 7.62. The molecule has 4 heteroatoms. The first kappa shape index (κ1) is 16.7. The summed E-state index contributed by atoms with van der Waals surface area (Å²) >= 11 is 1.66. The summed E-state index contributed by atoms with van der Waals surface area (Å²) in [6.07, 6.45) is 1.64. The van der Waals surface area contributed by atoms with E-state index in [1.165, 1.54) is 33.4 Å². The summed E-state index contributed by atoms with van der Waals surface area (Å²) < 4.78 is 0. The third-order valence-corrected chi connectivity index (χ3v) is 5.65. The van der Waals surface area contributed by atoms with E-state index in [9.17, 15) is 0 Å². The minimum absolute atomic E-state index is 0.864. The van der Waals surface area contributed by atoms with Gasteiger partial charge in [0.05, 0.1) is 5.39 Å². The van der Waals surface area contributed by atoms with Gasteiger partial charge in [0.25, 0.3) is 0 Å². The Morgan fingerprint density at radius 1 is 0.846 bits per heavy atom. The topological polar surface area (TPSA) is 37.8 Å². The standard InChI is InChI=1S/C22H21N3S/c1-13-8-9-17(16(4)10-13)18-11-26-22-19(18)21(23-12-24-22)25-20-14(2)6-5-7-15(20)3/h5-12H,1-4H3,(H,23,24,25). The maximum atomic E-state index is 4.57. The van der Waals surface area contributed by atoms with Gasteiger partial charge in [-0.25, -0.2) is 9.97 Å². The van der Waals surface area contributed by atoms with Gasteiger partial charge in [0.15, 0.2) is 0 Å². The van der Waals surface area contributed by atoms with E-state index in [0.29, 0.717) is 0 Å². The number of para-hydroxylation sites is 1. The second kappa shape index (κ2) is 6.54. The summed E-state index contributed by atoms with van der Waals surface area (Å²) in [4.78, 5) is 10.1. The van der Waals surface area contributed by atoms with Gasteiger partial charge in [-0.1, -0.05) is 42.0 Å². The van der Waals surface area contributed by atoms with Crippen LogP contribution in [-0.2, 0) is 0 Å². The lowest BCUT2D eigenvalue weighted by atomic mass is 9.99. The van der Waals surface area contributed by atoms with Crippen LogP contribution >= 0.6 is 11.3 Å². The summed E-state index contributed by atoms with van der Waals surface area (Å²) in [6.45, 7) is 8.52. The highest BCUT2D eigenvalue weighted by Crippen LogP contribution is 2.39. The number of aryl methyl sites for hydroxylation is 4. The molecule has 3 nitrogen and oxygen atoms in total. The van der Waals surface area contributed by atoms with E-state index in [1.54, 1.807) is 17.7 Å². The zero-order valence-corrected chi connectivity index (χ0v) is 16.2. The van der Waals surface area contributed by atoms with Gasteiger partial charge < -0.3 is 5.32 Å². The average molecular weight is 359 g/mol. The molecule has 0 saturated carbocycles. The molecule has 0 atom stereocenters. The lowest BCUT2D eigenvalue weighted by molar-refractivity contribution is 1.22. The number of rotatable bonds is 3. The highest BCUT2D eigenvalue weighted by atomic mass is 32.1.